The van der Waals surface area contributed by atoms with E-state index in [0.717, 1.165) is 17.7 Å². The first-order chi connectivity index (χ1) is 9.96. The van der Waals surface area contributed by atoms with Gasteiger partial charge in [0.1, 0.15) is 12.4 Å². The molecular formula is C15H22F3NO2. The van der Waals surface area contributed by atoms with E-state index >= 15 is 0 Å². The van der Waals surface area contributed by atoms with Gasteiger partial charge in [-0.3, -0.25) is 0 Å². The number of benzene rings is 1. The average Bonchev–Trinajstić information content (AvgIpc) is 2.43. The standard InChI is InChI=1S/C15H22F3NO2/c1-19-10-12(7-8-21-11-15(16,17)18)9-13-5-3-4-6-14(13)20-2/h3-6,12,19H,7-11H2,1-2H3. The predicted octanol–water partition coefficient (Wildman–Crippen LogP) is 3.04. The lowest BCUT2D eigenvalue weighted by Crippen LogP contribution is -2.24. The van der Waals surface area contributed by atoms with Crippen molar-refractivity contribution in [2.24, 2.45) is 5.92 Å². The third kappa shape index (κ3) is 7.34. The summed E-state index contributed by atoms with van der Waals surface area (Å²) < 4.78 is 46.0. The van der Waals surface area contributed by atoms with Gasteiger partial charge >= 0.3 is 6.18 Å². The van der Waals surface area contributed by atoms with E-state index in [9.17, 15) is 13.2 Å². The second-order valence-electron chi connectivity index (χ2n) is 4.90. The van der Waals surface area contributed by atoms with Crippen LogP contribution >= 0.6 is 0 Å². The van der Waals surface area contributed by atoms with E-state index in [2.05, 4.69) is 10.1 Å². The molecule has 1 atom stereocenters. The monoisotopic (exact) mass is 305 g/mol. The molecule has 1 N–H and O–H groups in total. The number of para-hydroxylation sites is 1. The number of ether oxygens (including phenoxy) is 2. The van der Waals surface area contributed by atoms with Gasteiger partial charge in [-0.25, -0.2) is 0 Å². The summed E-state index contributed by atoms with van der Waals surface area (Å²) in [5.41, 5.74) is 1.05. The molecule has 0 saturated heterocycles. The number of rotatable bonds is 9. The predicted molar refractivity (Wildman–Crippen MR) is 75.6 cm³/mol. The van der Waals surface area contributed by atoms with Crippen molar-refractivity contribution in [1.82, 2.24) is 5.32 Å². The van der Waals surface area contributed by atoms with Gasteiger partial charge in [0.05, 0.1) is 7.11 Å². The van der Waals surface area contributed by atoms with Crippen LogP contribution in [0.25, 0.3) is 0 Å². The topological polar surface area (TPSA) is 30.5 Å². The molecule has 0 aliphatic carbocycles. The molecule has 0 aromatic heterocycles. The zero-order valence-electron chi connectivity index (χ0n) is 12.4. The smallest absolute Gasteiger partial charge is 0.411 e. The molecule has 0 aliphatic heterocycles. The van der Waals surface area contributed by atoms with E-state index in [4.69, 9.17) is 4.74 Å². The van der Waals surface area contributed by atoms with E-state index in [-0.39, 0.29) is 12.5 Å². The van der Waals surface area contributed by atoms with Gasteiger partial charge in [-0.2, -0.15) is 13.2 Å². The number of nitrogens with one attached hydrogen (secondary N) is 1. The highest BCUT2D eigenvalue weighted by Crippen LogP contribution is 2.22. The number of hydrogen-bond acceptors (Lipinski definition) is 3. The molecule has 0 aliphatic rings. The number of alkyl halides is 3. The molecule has 0 amide bonds. The zero-order valence-corrected chi connectivity index (χ0v) is 12.4. The fourth-order valence-electron chi connectivity index (χ4n) is 2.19. The van der Waals surface area contributed by atoms with Crippen LogP contribution < -0.4 is 10.1 Å². The minimum absolute atomic E-state index is 0.0982. The molecule has 3 nitrogen and oxygen atoms in total. The molecule has 1 rings (SSSR count). The summed E-state index contributed by atoms with van der Waals surface area (Å²) in [6, 6.07) is 7.67. The summed E-state index contributed by atoms with van der Waals surface area (Å²) in [6.45, 7) is -0.373. The largest absolute Gasteiger partial charge is 0.496 e. The van der Waals surface area contributed by atoms with Gasteiger partial charge in [-0.15, -0.1) is 0 Å². The SMILES string of the molecule is CNCC(CCOCC(F)(F)F)Cc1ccccc1OC. The van der Waals surface area contributed by atoms with Crippen LogP contribution in [-0.2, 0) is 11.2 Å². The lowest BCUT2D eigenvalue weighted by molar-refractivity contribution is -0.174. The first-order valence-electron chi connectivity index (χ1n) is 6.87. The van der Waals surface area contributed by atoms with Crippen LogP contribution in [0.5, 0.6) is 5.75 Å². The highest BCUT2D eigenvalue weighted by atomic mass is 19.4. The van der Waals surface area contributed by atoms with E-state index in [1.807, 2.05) is 31.3 Å². The molecule has 0 spiro atoms. The normalized spacial score (nSPS) is 13.2. The summed E-state index contributed by atoms with van der Waals surface area (Å²) in [6.07, 6.45) is -2.96. The molecule has 0 saturated carbocycles. The Kier molecular flexibility index (Phi) is 7.53. The fraction of sp³-hybridized carbons (Fsp3) is 0.600. The van der Waals surface area contributed by atoms with Crippen LogP contribution in [0.1, 0.15) is 12.0 Å². The summed E-state index contributed by atoms with van der Waals surface area (Å²) in [7, 11) is 3.43. The third-order valence-corrected chi connectivity index (χ3v) is 3.13. The highest BCUT2D eigenvalue weighted by molar-refractivity contribution is 5.33. The van der Waals surface area contributed by atoms with Crippen molar-refractivity contribution >= 4 is 0 Å². The molecule has 21 heavy (non-hydrogen) atoms. The Morgan fingerprint density at radius 1 is 1.24 bits per heavy atom. The van der Waals surface area contributed by atoms with Gasteiger partial charge in [0, 0.05) is 6.61 Å². The van der Waals surface area contributed by atoms with Crippen molar-refractivity contribution in [2.45, 2.75) is 19.0 Å². The van der Waals surface area contributed by atoms with E-state index in [1.54, 1.807) is 7.11 Å². The molecule has 1 aromatic carbocycles. The number of halogens is 3. The molecular weight excluding hydrogens is 283 g/mol. The maximum atomic E-state index is 12.0. The van der Waals surface area contributed by atoms with Crippen LogP contribution in [0, 0.1) is 5.92 Å². The van der Waals surface area contributed by atoms with Crippen molar-refractivity contribution < 1.29 is 22.6 Å². The minimum atomic E-state index is -4.26. The molecule has 1 aromatic rings. The second-order valence-corrected chi connectivity index (χ2v) is 4.90. The maximum Gasteiger partial charge on any atom is 0.411 e. The van der Waals surface area contributed by atoms with Crippen molar-refractivity contribution in [3.8, 4) is 5.75 Å². The number of methoxy groups -OCH3 is 1. The molecule has 6 heteroatoms. The Hall–Kier alpha value is -1.27. The van der Waals surface area contributed by atoms with Gasteiger partial charge in [0.2, 0.25) is 0 Å². The Morgan fingerprint density at radius 3 is 2.57 bits per heavy atom. The molecule has 0 bridgehead atoms. The second kappa shape index (κ2) is 8.89. The van der Waals surface area contributed by atoms with Gasteiger partial charge in [-0.1, -0.05) is 18.2 Å². The molecule has 1 unspecified atom stereocenters. The Balaban J connectivity index is 2.49. The molecule has 120 valence electrons. The Labute approximate surface area is 123 Å². The summed E-state index contributed by atoms with van der Waals surface area (Å²) in [5, 5.41) is 3.06. The fourth-order valence-corrected chi connectivity index (χ4v) is 2.19. The third-order valence-electron chi connectivity index (χ3n) is 3.13. The summed E-state index contributed by atoms with van der Waals surface area (Å²) >= 11 is 0. The van der Waals surface area contributed by atoms with Crippen LogP contribution in [0.2, 0.25) is 0 Å². The highest BCUT2D eigenvalue weighted by Gasteiger charge is 2.27. The van der Waals surface area contributed by atoms with Crippen LogP contribution in [0.4, 0.5) is 13.2 Å². The quantitative estimate of drug-likeness (QED) is 0.711. The van der Waals surface area contributed by atoms with Crippen molar-refractivity contribution in [3.05, 3.63) is 29.8 Å². The summed E-state index contributed by atoms with van der Waals surface area (Å²) in [4.78, 5) is 0. The van der Waals surface area contributed by atoms with Crippen LogP contribution in [-0.4, -0.2) is 40.1 Å². The zero-order chi connectivity index (χ0) is 15.7. The minimum Gasteiger partial charge on any atom is -0.496 e. The number of hydrogen-bond donors (Lipinski definition) is 1. The average molecular weight is 305 g/mol. The van der Waals surface area contributed by atoms with Crippen LogP contribution in [0.3, 0.4) is 0 Å². The van der Waals surface area contributed by atoms with Gasteiger partial charge < -0.3 is 14.8 Å². The van der Waals surface area contributed by atoms with E-state index in [0.29, 0.717) is 13.0 Å². The van der Waals surface area contributed by atoms with Gasteiger partial charge in [0.25, 0.3) is 0 Å². The van der Waals surface area contributed by atoms with Crippen LogP contribution in [0.15, 0.2) is 24.3 Å². The van der Waals surface area contributed by atoms with Crippen molar-refractivity contribution in [3.63, 3.8) is 0 Å². The van der Waals surface area contributed by atoms with Crippen molar-refractivity contribution in [1.29, 1.82) is 0 Å². The van der Waals surface area contributed by atoms with Gasteiger partial charge in [0.15, 0.2) is 0 Å². The molecule has 0 radical (unpaired) electrons. The van der Waals surface area contributed by atoms with E-state index < -0.39 is 12.8 Å². The van der Waals surface area contributed by atoms with E-state index in [1.165, 1.54) is 0 Å². The summed E-state index contributed by atoms with van der Waals surface area (Å²) in [5.74, 6) is 0.995. The first-order valence-corrected chi connectivity index (χ1v) is 6.87. The molecule has 0 fully saturated rings. The van der Waals surface area contributed by atoms with Crippen molar-refractivity contribution in [2.75, 3.05) is 33.9 Å². The maximum absolute atomic E-state index is 12.0. The first kappa shape index (κ1) is 17.8. The van der Waals surface area contributed by atoms with Gasteiger partial charge in [-0.05, 0) is 44.0 Å². The lowest BCUT2D eigenvalue weighted by Gasteiger charge is -2.18. The lowest BCUT2D eigenvalue weighted by atomic mass is 9.96. The Bertz CT molecular complexity index is 410. The Morgan fingerprint density at radius 2 is 1.95 bits per heavy atom. The molecule has 0 heterocycles.